The second-order valence-corrected chi connectivity index (χ2v) is 9.18. The topological polar surface area (TPSA) is 92.8 Å². The van der Waals surface area contributed by atoms with Crippen LogP contribution in [0.15, 0.2) is 42.5 Å². The summed E-state index contributed by atoms with van der Waals surface area (Å²) in [6.45, 7) is 4.90. The lowest BCUT2D eigenvalue weighted by Crippen LogP contribution is -2.29. The summed E-state index contributed by atoms with van der Waals surface area (Å²) in [5.41, 5.74) is 2.58. The summed E-state index contributed by atoms with van der Waals surface area (Å²) < 4.78 is 31.4. The number of sulfonamides is 1. The van der Waals surface area contributed by atoms with Crippen molar-refractivity contribution in [3.8, 4) is 0 Å². The van der Waals surface area contributed by atoms with E-state index in [9.17, 15) is 18.0 Å². The first-order valence-electron chi connectivity index (χ1n) is 9.96. The number of rotatable bonds is 7. The van der Waals surface area contributed by atoms with Crippen LogP contribution in [0.3, 0.4) is 0 Å². The van der Waals surface area contributed by atoms with E-state index in [2.05, 4.69) is 5.32 Å². The Balaban J connectivity index is 1.69. The molecule has 1 heterocycles. The van der Waals surface area contributed by atoms with Crippen molar-refractivity contribution in [2.24, 2.45) is 0 Å². The zero-order valence-corrected chi connectivity index (χ0v) is 18.0. The van der Waals surface area contributed by atoms with Gasteiger partial charge in [-0.2, -0.15) is 0 Å². The maximum absolute atomic E-state index is 12.6. The van der Waals surface area contributed by atoms with Gasteiger partial charge in [0.1, 0.15) is 0 Å². The molecule has 30 heavy (non-hydrogen) atoms. The molecule has 3 rings (SSSR count). The first kappa shape index (κ1) is 22.0. The predicted molar refractivity (Wildman–Crippen MR) is 115 cm³/mol. The van der Waals surface area contributed by atoms with Crippen molar-refractivity contribution in [2.75, 3.05) is 25.0 Å². The summed E-state index contributed by atoms with van der Waals surface area (Å²) >= 11 is 0. The Morgan fingerprint density at radius 1 is 1.07 bits per heavy atom. The highest BCUT2D eigenvalue weighted by Gasteiger charge is 2.25. The number of esters is 1. The molecular formula is C22H26N2O5S. The van der Waals surface area contributed by atoms with Crippen LogP contribution < -0.4 is 5.32 Å². The van der Waals surface area contributed by atoms with E-state index in [0.29, 0.717) is 41.0 Å². The van der Waals surface area contributed by atoms with Crippen LogP contribution in [0.1, 0.15) is 51.6 Å². The number of nitrogens with zero attached hydrogens (tertiary/aromatic N) is 1. The van der Waals surface area contributed by atoms with Crippen molar-refractivity contribution in [3.63, 3.8) is 0 Å². The summed E-state index contributed by atoms with van der Waals surface area (Å²) in [6.07, 6.45) is 1.80. The zero-order chi connectivity index (χ0) is 21.7. The van der Waals surface area contributed by atoms with E-state index < -0.39 is 16.0 Å². The van der Waals surface area contributed by atoms with Gasteiger partial charge in [-0.25, -0.2) is 17.5 Å². The van der Waals surface area contributed by atoms with Crippen LogP contribution >= 0.6 is 0 Å². The largest absolute Gasteiger partial charge is 0.462 e. The van der Waals surface area contributed by atoms with E-state index in [1.165, 1.54) is 4.31 Å². The van der Waals surface area contributed by atoms with Crippen LogP contribution in [0.25, 0.3) is 0 Å². The van der Waals surface area contributed by atoms with Crippen LogP contribution in [0.2, 0.25) is 0 Å². The molecule has 0 unspecified atom stereocenters. The molecule has 1 N–H and O–H groups in total. The average Bonchev–Trinajstić information content (AvgIpc) is 3.26. The van der Waals surface area contributed by atoms with Gasteiger partial charge in [0.15, 0.2) is 0 Å². The molecule has 1 saturated heterocycles. The van der Waals surface area contributed by atoms with Crippen LogP contribution in [0.4, 0.5) is 5.69 Å². The van der Waals surface area contributed by atoms with E-state index in [1.807, 2.05) is 0 Å². The first-order chi connectivity index (χ1) is 14.3. The van der Waals surface area contributed by atoms with Crippen molar-refractivity contribution in [1.82, 2.24) is 4.31 Å². The molecule has 1 aliphatic heterocycles. The molecule has 0 bridgehead atoms. The third-order valence-electron chi connectivity index (χ3n) is 5.10. The molecule has 1 amide bonds. The standard InChI is InChI=1S/C22H26N2O5S/c1-3-29-22(26)19-7-6-8-20(16(19)2)23-21(25)18-11-9-17(10-12-18)15-30(27,28)24-13-4-5-14-24/h6-12H,3-5,13-15H2,1-2H3,(H,23,25). The quantitative estimate of drug-likeness (QED) is 0.680. The molecule has 2 aromatic carbocycles. The maximum Gasteiger partial charge on any atom is 0.338 e. The van der Waals surface area contributed by atoms with Gasteiger partial charge in [-0.05, 0) is 62.1 Å². The molecule has 0 atom stereocenters. The van der Waals surface area contributed by atoms with Crippen molar-refractivity contribution >= 4 is 27.6 Å². The molecule has 7 nitrogen and oxygen atoms in total. The normalized spacial score (nSPS) is 14.5. The van der Waals surface area contributed by atoms with Gasteiger partial charge in [0.05, 0.1) is 17.9 Å². The number of carbonyl (C=O) groups excluding carboxylic acids is 2. The van der Waals surface area contributed by atoms with Gasteiger partial charge in [-0.1, -0.05) is 18.2 Å². The molecule has 0 saturated carbocycles. The Hall–Kier alpha value is -2.71. The third-order valence-corrected chi connectivity index (χ3v) is 6.95. The Kier molecular flexibility index (Phi) is 6.89. The second-order valence-electron chi connectivity index (χ2n) is 7.21. The van der Waals surface area contributed by atoms with Crippen LogP contribution in [0, 0.1) is 6.92 Å². The summed E-state index contributed by atoms with van der Waals surface area (Å²) in [7, 11) is -3.33. The highest BCUT2D eigenvalue weighted by Crippen LogP contribution is 2.21. The van der Waals surface area contributed by atoms with Gasteiger partial charge >= 0.3 is 5.97 Å². The fraction of sp³-hybridized carbons (Fsp3) is 0.364. The second kappa shape index (κ2) is 9.40. The highest BCUT2D eigenvalue weighted by molar-refractivity contribution is 7.88. The Morgan fingerprint density at radius 3 is 2.37 bits per heavy atom. The molecule has 8 heteroatoms. The lowest BCUT2D eigenvalue weighted by Gasteiger charge is -2.15. The molecule has 1 fully saturated rings. The fourth-order valence-corrected chi connectivity index (χ4v) is 5.03. The Morgan fingerprint density at radius 2 is 1.73 bits per heavy atom. The minimum atomic E-state index is -3.33. The van der Waals surface area contributed by atoms with Gasteiger partial charge in [-0.3, -0.25) is 4.79 Å². The van der Waals surface area contributed by atoms with Gasteiger partial charge in [0.25, 0.3) is 5.91 Å². The van der Waals surface area contributed by atoms with E-state index >= 15 is 0 Å². The Labute approximate surface area is 177 Å². The number of benzene rings is 2. The average molecular weight is 431 g/mol. The molecule has 0 spiro atoms. The molecular weight excluding hydrogens is 404 g/mol. The maximum atomic E-state index is 12.6. The SMILES string of the molecule is CCOC(=O)c1cccc(NC(=O)c2ccc(CS(=O)(=O)N3CCCC3)cc2)c1C. The molecule has 1 aliphatic rings. The van der Waals surface area contributed by atoms with E-state index in [-0.39, 0.29) is 18.3 Å². The number of anilines is 1. The lowest BCUT2D eigenvalue weighted by atomic mass is 10.1. The molecule has 160 valence electrons. The van der Waals surface area contributed by atoms with Gasteiger partial charge in [-0.15, -0.1) is 0 Å². The van der Waals surface area contributed by atoms with Crippen molar-refractivity contribution < 1.29 is 22.7 Å². The van der Waals surface area contributed by atoms with Crippen molar-refractivity contribution in [1.29, 1.82) is 0 Å². The van der Waals surface area contributed by atoms with E-state index in [1.54, 1.807) is 56.3 Å². The fourth-order valence-electron chi connectivity index (χ4n) is 3.42. The number of carbonyl (C=O) groups is 2. The Bertz CT molecular complexity index is 1030. The highest BCUT2D eigenvalue weighted by atomic mass is 32.2. The minimum absolute atomic E-state index is 0.0738. The smallest absolute Gasteiger partial charge is 0.338 e. The first-order valence-corrected chi connectivity index (χ1v) is 11.6. The van der Waals surface area contributed by atoms with Crippen molar-refractivity contribution in [2.45, 2.75) is 32.4 Å². The predicted octanol–water partition coefficient (Wildman–Crippen LogP) is 3.35. The molecule has 0 aromatic heterocycles. The number of hydrogen-bond acceptors (Lipinski definition) is 5. The third kappa shape index (κ3) is 5.06. The van der Waals surface area contributed by atoms with Gasteiger partial charge in [0, 0.05) is 24.3 Å². The van der Waals surface area contributed by atoms with Crippen LogP contribution in [-0.2, 0) is 20.5 Å². The monoisotopic (exact) mass is 430 g/mol. The summed E-state index contributed by atoms with van der Waals surface area (Å²) in [4.78, 5) is 24.7. The van der Waals surface area contributed by atoms with E-state index in [0.717, 1.165) is 12.8 Å². The number of hydrogen-bond donors (Lipinski definition) is 1. The summed E-state index contributed by atoms with van der Waals surface area (Å²) in [5, 5.41) is 2.80. The molecule has 0 radical (unpaired) electrons. The van der Waals surface area contributed by atoms with Gasteiger partial charge in [0.2, 0.25) is 10.0 Å². The lowest BCUT2D eigenvalue weighted by molar-refractivity contribution is 0.0525. The number of amides is 1. The zero-order valence-electron chi connectivity index (χ0n) is 17.2. The molecule has 2 aromatic rings. The van der Waals surface area contributed by atoms with Crippen molar-refractivity contribution in [3.05, 3.63) is 64.7 Å². The number of ether oxygens (including phenoxy) is 1. The number of nitrogens with one attached hydrogen (secondary N) is 1. The van der Waals surface area contributed by atoms with Gasteiger partial charge < -0.3 is 10.1 Å². The minimum Gasteiger partial charge on any atom is -0.462 e. The van der Waals surface area contributed by atoms with Crippen LogP contribution in [0.5, 0.6) is 0 Å². The van der Waals surface area contributed by atoms with Crippen LogP contribution in [-0.4, -0.2) is 44.3 Å². The summed E-state index contributed by atoms with van der Waals surface area (Å²) in [6, 6.07) is 11.6. The molecule has 0 aliphatic carbocycles. The summed E-state index contributed by atoms with van der Waals surface area (Å²) in [5.74, 6) is -0.849. The van der Waals surface area contributed by atoms with E-state index in [4.69, 9.17) is 4.74 Å².